The summed E-state index contributed by atoms with van der Waals surface area (Å²) in [6, 6.07) is 11.4. The number of halogens is 1. The lowest BCUT2D eigenvalue weighted by atomic mass is 10.1. The van der Waals surface area contributed by atoms with Crippen LogP contribution in [0.5, 0.6) is 11.5 Å². The van der Waals surface area contributed by atoms with Gasteiger partial charge in [-0.1, -0.05) is 40.9 Å². The van der Waals surface area contributed by atoms with Crippen LogP contribution < -0.4 is 19.1 Å². The van der Waals surface area contributed by atoms with Crippen molar-refractivity contribution >= 4 is 43.5 Å². The molecule has 2 amide bonds. The Hall–Kier alpha value is -2.79. The molecule has 2 aromatic rings. The number of hydrogen-bond donors (Lipinski definition) is 1. The normalized spacial score (nSPS) is 14.6. The van der Waals surface area contributed by atoms with Crippen molar-refractivity contribution in [3.63, 3.8) is 0 Å². The zero-order valence-corrected chi connectivity index (χ0v) is 24.0. The van der Waals surface area contributed by atoms with Gasteiger partial charge in [0.05, 0.1) is 26.2 Å². The molecule has 9 nitrogen and oxygen atoms in total. The Morgan fingerprint density at radius 1 is 1.08 bits per heavy atom. The van der Waals surface area contributed by atoms with Gasteiger partial charge < -0.3 is 19.7 Å². The van der Waals surface area contributed by atoms with Gasteiger partial charge in [-0.3, -0.25) is 13.9 Å². The van der Waals surface area contributed by atoms with E-state index in [0.29, 0.717) is 5.75 Å². The highest BCUT2D eigenvalue weighted by Crippen LogP contribution is 2.34. The maximum absolute atomic E-state index is 13.7. The van der Waals surface area contributed by atoms with Gasteiger partial charge in [0, 0.05) is 23.1 Å². The van der Waals surface area contributed by atoms with E-state index in [2.05, 4.69) is 21.2 Å². The fourth-order valence-electron chi connectivity index (χ4n) is 4.35. The molecule has 3 rings (SSSR count). The van der Waals surface area contributed by atoms with Gasteiger partial charge in [0.1, 0.15) is 24.1 Å². The lowest BCUT2D eigenvalue weighted by Gasteiger charge is -2.32. The Bertz CT molecular complexity index is 1200. The summed E-state index contributed by atoms with van der Waals surface area (Å²) in [6.45, 7) is 1.29. The topological polar surface area (TPSA) is 105 Å². The first-order valence-electron chi connectivity index (χ1n) is 12.1. The van der Waals surface area contributed by atoms with Crippen LogP contribution in [0.2, 0.25) is 0 Å². The first-order valence-corrected chi connectivity index (χ1v) is 14.7. The molecule has 37 heavy (non-hydrogen) atoms. The fourth-order valence-corrected chi connectivity index (χ4v) is 5.46. The summed E-state index contributed by atoms with van der Waals surface area (Å²) in [7, 11) is -1.02. The third kappa shape index (κ3) is 7.61. The van der Waals surface area contributed by atoms with Gasteiger partial charge in [-0.25, -0.2) is 8.42 Å². The largest absolute Gasteiger partial charge is 0.497 e. The molecule has 1 saturated carbocycles. The predicted octanol–water partition coefficient (Wildman–Crippen LogP) is 3.71. The molecule has 1 aliphatic rings. The van der Waals surface area contributed by atoms with Crippen LogP contribution in [0.4, 0.5) is 5.69 Å². The standard InChI is InChI=1S/C26H34BrN3O6S/c1-18(26(32)28-21-7-5-6-8-21)29(16-19-9-11-20(27)12-10-19)25(31)17-30(37(4,33)34)23-15-22(35-2)13-14-24(23)36-3/h9-15,18,21H,5-8,16-17H2,1-4H3,(H,28,32)/t18-/m1/s1. The second-order valence-corrected chi connectivity index (χ2v) is 11.9. The average Bonchev–Trinajstić information content (AvgIpc) is 3.38. The number of nitrogens with zero attached hydrogens (tertiary/aromatic N) is 2. The number of anilines is 1. The van der Waals surface area contributed by atoms with Crippen molar-refractivity contribution in [2.24, 2.45) is 0 Å². The molecular weight excluding hydrogens is 562 g/mol. The number of methoxy groups -OCH3 is 2. The van der Waals surface area contributed by atoms with Crippen LogP contribution in [-0.4, -0.2) is 64.2 Å². The molecule has 0 spiro atoms. The van der Waals surface area contributed by atoms with Crippen LogP contribution in [0, 0.1) is 0 Å². The summed E-state index contributed by atoms with van der Waals surface area (Å²) in [4.78, 5) is 28.3. The highest BCUT2D eigenvalue weighted by molar-refractivity contribution is 9.10. The lowest BCUT2D eigenvalue weighted by Crippen LogP contribution is -2.52. The number of nitrogens with one attached hydrogen (secondary N) is 1. The zero-order chi connectivity index (χ0) is 27.2. The van der Waals surface area contributed by atoms with Crippen LogP contribution in [0.1, 0.15) is 38.2 Å². The molecule has 0 aromatic heterocycles. The number of hydrogen-bond acceptors (Lipinski definition) is 6. The van der Waals surface area contributed by atoms with E-state index in [0.717, 1.165) is 46.3 Å². The van der Waals surface area contributed by atoms with Gasteiger partial charge in [-0.15, -0.1) is 0 Å². The molecular formula is C26H34BrN3O6S. The number of amides is 2. The molecule has 0 unspecified atom stereocenters. The van der Waals surface area contributed by atoms with Crippen LogP contribution in [0.25, 0.3) is 0 Å². The first kappa shape index (κ1) is 28.8. The van der Waals surface area contributed by atoms with E-state index in [-0.39, 0.29) is 29.9 Å². The summed E-state index contributed by atoms with van der Waals surface area (Å²) >= 11 is 3.41. The molecule has 1 fully saturated rings. The smallest absolute Gasteiger partial charge is 0.244 e. The van der Waals surface area contributed by atoms with E-state index in [1.54, 1.807) is 19.1 Å². The molecule has 2 aromatic carbocycles. The van der Waals surface area contributed by atoms with Crippen LogP contribution in [-0.2, 0) is 26.2 Å². The second-order valence-electron chi connectivity index (χ2n) is 9.12. The minimum Gasteiger partial charge on any atom is -0.497 e. The van der Waals surface area contributed by atoms with E-state index in [9.17, 15) is 18.0 Å². The van der Waals surface area contributed by atoms with Crippen molar-refractivity contribution in [1.29, 1.82) is 0 Å². The van der Waals surface area contributed by atoms with Gasteiger partial charge in [-0.05, 0) is 49.6 Å². The van der Waals surface area contributed by atoms with Crippen molar-refractivity contribution in [2.75, 3.05) is 31.3 Å². The van der Waals surface area contributed by atoms with E-state index >= 15 is 0 Å². The van der Waals surface area contributed by atoms with Gasteiger partial charge in [-0.2, -0.15) is 0 Å². The number of carbonyl (C=O) groups excluding carboxylic acids is 2. The minimum atomic E-state index is -3.90. The van der Waals surface area contributed by atoms with Crippen molar-refractivity contribution in [3.05, 3.63) is 52.5 Å². The summed E-state index contributed by atoms with van der Waals surface area (Å²) in [5.41, 5.74) is 0.978. The van der Waals surface area contributed by atoms with Crippen LogP contribution in [0.15, 0.2) is 46.9 Å². The molecule has 1 N–H and O–H groups in total. The molecule has 1 atom stereocenters. The second kappa shape index (κ2) is 12.6. The van der Waals surface area contributed by atoms with E-state index in [1.807, 2.05) is 24.3 Å². The SMILES string of the molecule is COc1ccc(OC)c(N(CC(=O)N(Cc2ccc(Br)cc2)[C@H](C)C(=O)NC2CCCC2)S(C)(=O)=O)c1. The molecule has 0 aliphatic heterocycles. The van der Waals surface area contributed by atoms with E-state index in [1.165, 1.54) is 25.2 Å². The quantitative estimate of drug-likeness (QED) is 0.424. The van der Waals surface area contributed by atoms with Crippen molar-refractivity contribution < 1.29 is 27.5 Å². The van der Waals surface area contributed by atoms with Crippen molar-refractivity contribution in [1.82, 2.24) is 10.2 Å². The third-order valence-electron chi connectivity index (χ3n) is 6.47. The molecule has 202 valence electrons. The summed E-state index contributed by atoms with van der Waals surface area (Å²) in [6.07, 6.45) is 4.97. The number of rotatable bonds is 11. The van der Waals surface area contributed by atoms with E-state index in [4.69, 9.17) is 9.47 Å². The fraction of sp³-hybridized carbons (Fsp3) is 0.462. The predicted molar refractivity (Wildman–Crippen MR) is 146 cm³/mol. The number of ether oxygens (including phenoxy) is 2. The van der Waals surface area contributed by atoms with Crippen LogP contribution in [0.3, 0.4) is 0 Å². The molecule has 0 saturated heterocycles. The van der Waals surface area contributed by atoms with Gasteiger partial charge in [0.2, 0.25) is 21.8 Å². The Morgan fingerprint density at radius 2 is 1.73 bits per heavy atom. The number of sulfonamides is 1. The molecule has 0 bridgehead atoms. The third-order valence-corrected chi connectivity index (χ3v) is 8.12. The van der Waals surface area contributed by atoms with Gasteiger partial charge >= 0.3 is 0 Å². The number of carbonyl (C=O) groups is 2. The average molecular weight is 597 g/mol. The summed E-state index contributed by atoms with van der Waals surface area (Å²) in [5, 5.41) is 3.05. The Labute approximate surface area is 227 Å². The molecule has 1 aliphatic carbocycles. The monoisotopic (exact) mass is 595 g/mol. The lowest BCUT2D eigenvalue weighted by molar-refractivity contribution is -0.139. The van der Waals surface area contributed by atoms with Crippen molar-refractivity contribution in [3.8, 4) is 11.5 Å². The Kier molecular flexibility index (Phi) is 9.83. The maximum atomic E-state index is 13.7. The van der Waals surface area contributed by atoms with Crippen LogP contribution >= 0.6 is 15.9 Å². The van der Waals surface area contributed by atoms with E-state index < -0.39 is 28.5 Å². The summed E-state index contributed by atoms with van der Waals surface area (Å²) < 4.78 is 38.2. The van der Waals surface area contributed by atoms with Gasteiger partial charge in [0.15, 0.2) is 0 Å². The zero-order valence-electron chi connectivity index (χ0n) is 21.6. The maximum Gasteiger partial charge on any atom is 0.244 e. The minimum absolute atomic E-state index is 0.0909. The Morgan fingerprint density at radius 3 is 2.30 bits per heavy atom. The molecule has 0 radical (unpaired) electrons. The Balaban J connectivity index is 1.93. The first-order chi connectivity index (χ1) is 17.5. The highest BCUT2D eigenvalue weighted by Gasteiger charge is 2.32. The number of benzene rings is 2. The molecule has 11 heteroatoms. The molecule has 0 heterocycles. The van der Waals surface area contributed by atoms with Crippen molar-refractivity contribution in [2.45, 2.75) is 51.2 Å². The summed E-state index contributed by atoms with van der Waals surface area (Å²) in [5.74, 6) is -0.104. The van der Waals surface area contributed by atoms with Gasteiger partial charge in [0.25, 0.3) is 0 Å². The highest BCUT2D eigenvalue weighted by atomic mass is 79.9.